The van der Waals surface area contributed by atoms with E-state index < -0.39 is 18.0 Å². The number of nitrogens with zero attached hydrogens (tertiary/aromatic N) is 2. The number of allylic oxidation sites excluding steroid dienone is 1. The number of aromatic nitrogens is 1. The number of ether oxygens (including phenoxy) is 4. The van der Waals surface area contributed by atoms with Crippen LogP contribution in [0.3, 0.4) is 0 Å². The average Bonchev–Trinajstić information content (AvgIpc) is 3.22. The molecule has 41 heavy (non-hydrogen) atoms. The molecular formula is C30H31BrN2O7S. The third-order valence-corrected chi connectivity index (χ3v) is 7.48. The van der Waals surface area contributed by atoms with Crippen molar-refractivity contribution in [3.63, 3.8) is 0 Å². The molecule has 0 radical (unpaired) electrons. The summed E-state index contributed by atoms with van der Waals surface area (Å²) in [6, 6.07) is 11.8. The maximum absolute atomic E-state index is 14.1. The molecule has 0 amide bonds. The van der Waals surface area contributed by atoms with Gasteiger partial charge in [-0.15, -0.1) is 0 Å². The van der Waals surface area contributed by atoms with Gasteiger partial charge in [0.25, 0.3) is 5.56 Å². The number of hydrogen-bond acceptors (Lipinski definition) is 9. The Morgan fingerprint density at radius 1 is 1.10 bits per heavy atom. The molecule has 1 atom stereocenters. The fraction of sp³-hybridized carbons (Fsp3) is 0.333. The van der Waals surface area contributed by atoms with Gasteiger partial charge in [-0.25, -0.2) is 14.6 Å². The fourth-order valence-corrected chi connectivity index (χ4v) is 5.81. The summed E-state index contributed by atoms with van der Waals surface area (Å²) in [5, 5.41) is 0. The maximum atomic E-state index is 14.1. The third-order valence-electron chi connectivity index (χ3n) is 6.00. The molecule has 3 aromatic rings. The van der Waals surface area contributed by atoms with Gasteiger partial charge in [-0.3, -0.25) is 9.36 Å². The van der Waals surface area contributed by atoms with Gasteiger partial charge in [0, 0.05) is 15.6 Å². The van der Waals surface area contributed by atoms with Crippen molar-refractivity contribution in [1.82, 2.24) is 4.57 Å². The first kappa shape index (κ1) is 30.3. The van der Waals surface area contributed by atoms with Crippen molar-refractivity contribution in [3.8, 4) is 11.5 Å². The molecule has 0 aliphatic carbocycles. The third kappa shape index (κ3) is 6.79. The number of rotatable bonds is 10. The Balaban J connectivity index is 1.90. The van der Waals surface area contributed by atoms with E-state index >= 15 is 0 Å². The van der Waals surface area contributed by atoms with Gasteiger partial charge in [0.15, 0.2) is 11.4 Å². The van der Waals surface area contributed by atoms with Crippen LogP contribution in [0.15, 0.2) is 68.0 Å². The Hall–Kier alpha value is -3.70. The number of para-hydroxylation sites is 1. The normalized spacial score (nSPS) is 14.9. The number of carbonyl (C=O) groups is 2. The Kier molecular flexibility index (Phi) is 9.82. The number of thiazole rings is 1. The number of hydrogen-bond donors (Lipinski definition) is 0. The van der Waals surface area contributed by atoms with E-state index in [-0.39, 0.29) is 37.1 Å². The van der Waals surface area contributed by atoms with Crippen LogP contribution in [0.1, 0.15) is 51.8 Å². The van der Waals surface area contributed by atoms with Crippen molar-refractivity contribution in [2.45, 2.75) is 46.8 Å². The van der Waals surface area contributed by atoms with Gasteiger partial charge < -0.3 is 18.9 Å². The van der Waals surface area contributed by atoms with Gasteiger partial charge in [0.05, 0.1) is 35.1 Å². The van der Waals surface area contributed by atoms with Crippen molar-refractivity contribution >= 4 is 45.3 Å². The number of esters is 2. The first-order chi connectivity index (χ1) is 19.6. The average molecular weight is 644 g/mol. The van der Waals surface area contributed by atoms with E-state index in [0.717, 1.165) is 4.47 Å². The first-order valence-electron chi connectivity index (χ1n) is 13.2. The van der Waals surface area contributed by atoms with Crippen molar-refractivity contribution in [1.29, 1.82) is 0 Å². The van der Waals surface area contributed by atoms with Gasteiger partial charge >= 0.3 is 11.9 Å². The molecule has 0 saturated heterocycles. The lowest BCUT2D eigenvalue weighted by molar-refractivity contribution is -0.145. The zero-order valence-electron chi connectivity index (χ0n) is 23.4. The van der Waals surface area contributed by atoms with Crippen LogP contribution in [0.5, 0.6) is 11.5 Å². The highest BCUT2D eigenvalue weighted by molar-refractivity contribution is 9.10. The van der Waals surface area contributed by atoms with E-state index in [1.165, 1.54) is 15.9 Å². The SMILES string of the molecule is CCOC(=O)COc1ccc(Br)cc1/C=c1\sc2n(c1=O)C(c1ccccc1OC(C)C)C(C(=O)OCC)=C(C)N=2. The summed E-state index contributed by atoms with van der Waals surface area (Å²) in [7, 11) is 0. The molecule has 1 unspecified atom stereocenters. The fourth-order valence-electron chi connectivity index (χ4n) is 4.40. The molecular weight excluding hydrogens is 612 g/mol. The minimum Gasteiger partial charge on any atom is -0.491 e. The Bertz CT molecular complexity index is 1670. The molecule has 4 rings (SSSR count). The van der Waals surface area contributed by atoms with E-state index in [2.05, 4.69) is 20.9 Å². The van der Waals surface area contributed by atoms with Crippen molar-refractivity contribution in [2.24, 2.45) is 4.99 Å². The molecule has 216 valence electrons. The van der Waals surface area contributed by atoms with Crippen molar-refractivity contribution < 1.29 is 28.5 Å². The van der Waals surface area contributed by atoms with E-state index in [1.54, 1.807) is 45.0 Å². The monoisotopic (exact) mass is 642 g/mol. The molecule has 1 aromatic heterocycles. The number of halogens is 1. The van der Waals surface area contributed by atoms with Crippen LogP contribution in [0.25, 0.3) is 6.08 Å². The maximum Gasteiger partial charge on any atom is 0.344 e. The lowest BCUT2D eigenvalue weighted by atomic mass is 9.95. The lowest BCUT2D eigenvalue weighted by Gasteiger charge is -2.26. The second kappa shape index (κ2) is 13.3. The van der Waals surface area contributed by atoms with E-state index in [9.17, 15) is 14.4 Å². The Morgan fingerprint density at radius 3 is 2.54 bits per heavy atom. The van der Waals surface area contributed by atoms with Crippen LogP contribution >= 0.6 is 27.3 Å². The van der Waals surface area contributed by atoms with Crippen LogP contribution in [0.4, 0.5) is 0 Å². The van der Waals surface area contributed by atoms with Gasteiger partial charge in [0.1, 0.15) is 17.5 Å². The van der Waals surface area contributed by atoms with Crippen LogP contribution in [-0.4, -0.2) is 42.4 Å². The molecule has 1 aliphatic rings. The summed E-state index contributed by atoms with van der Waals surface area (Å²) in [5.41, 5.74) is 1.61. The minimum atomic E-state index is -0.815. The zero-order chi connectivity index (χ0) is 29.7. The molecule has 9 nitrogen and oxygen atoms in total. The number of benzene rings is 2. The smallest absolute Gasteiger partial charge is 0.344 e. The second-order valence-corrected chi connectivity index (χ2v) is 11.2. The molecule has 0 bridgehead atoms. The quantitative estimate of drug-likeness (QED) is 0.304. The molecule has 2 heterocycles. The number of carbonyl (C=O) groups excluding carboxylic acids is 2. The van der Waals surface area contributed by atoms with E-state index in [1.807, 2.05) is 38.1 Å². The molecule has 2 aromatic carbocycles. The summed E-state index contributed by atoms with van der Waals surface area (Å²) in [6.07, 6.45) is 1.55. The lowest BCUT2D eigenvalue weighted by Crippen LogP contribution is -2.40. The Labute approximate surface area is 249 Å². The summed E-state index contributed by atoms with van der Waals surface area (Å²) in [6.45, 7) is 9.16. The van der Waals surface area contributed by atoms with Crippen molar-refractivity contribution in [3.05, 3.63) is 89.0 Å². The summed E-state index contributed by atoms with van der Waals surface area (Å²) in [5.74, 6) is -0.0815. The van der Waals surface area contributed by atoms with Crippen molar-refractivity contribution in [2.75, 3.05) is 19.8 Å². The molecule has 0 spiro atoms. The summed E-state index contributed by atoms with van der Waals surface area (Å²) >= 11 is 4.66. The van der Waals surface area contributed by atoms with Gasteiger partial charge in [0.2, 0.25) is 0 Å². The second-order valence-electron chi connectivity index (χ2n) is 9.28. The standard InChI is InChI=1S/C30H31BrN2O7S/c1-6-37-25(34)16-39-22-13-12-20(31)14-19(22)15-24-28(35)33-27(21-10-8-9-11-23(21)40-17(3)4)26(29(36)38-7-2)18(5)32-30(33)41-24/h8-15,17,27H,6-7,16H2,1-5H3/b24-15-. The highest BCUT2D eigenvalue weighted by Gasteiger charge is 2.35. The molecule has 0 saturated carbocycles. The topological polar surface area (TPSA) is 105 Å². The molecule has 11 heteroatoms. The zero-order valence-corrected chi connectivity index (χ0v) is 25.8. The predicted molar refractivity (Wildman–Crippen MR) is 159 cm³/mol. The molecule has 0 fully saturated rings. The van der Waals surface area contributed by atoms with Gasteiger partial charge in [-0.2, -0.15) is 0 Å². The largest absolute Gasteiger partial charge is 0.491 e. The minimum absolute atomic E-state index is 0.132. The summed E-state index contributed by atoms with van der Waals surface area (Å²) in [4.78, 5) is 44.2. The van der Waals surface area contributed by atoms with Crippen LogP contribution < -0.4 is 24.4 Å². The highest BCUT2D eigenvalue weighted by Crippen LogP contribution is 2.36. The van der Waals surface area contributed by atoms with E-state index in [4.69, 9.17) is 18.9 Å². The molecule has 0 N–H and O–H groups in total. The van der Waals surface area contributed by atoms with Gasteiger partial charge in [-0.1, -0.05) is 45.5 Å². The van der Waals surface area contributed by atoms with Gasteiger partial charge in [-0.05, 0) is 65.0 Å². The Morgan fingerprint density at radius 2 is 1.83 bits per heavy atom. The number of fused-ring (bicyclic) bond motifs is 1. The highest BCUT2D eigenvalue weighted by atomic mass is 79.9. The predicted octanol–water partition coefficient (Wildman–Crippen LogP) is 4.29. The summed E-state index contributed by atoms with van der Waals surface area (Å²) < 4.78 is 24.8. The van der Waals surface area contributed by atoms with Crippen LogP contribution in [0, 0.1) is 0 Å². The van der Waals surface area contributed by atoms with Crippen LogP contribution in [-0.2, 0) is 19.1 Å². The first-order valence-corrected chi connectivity index (χ1v) is 14.8. The van der Waals surface area contributed by atoms with E-state index in [0.29, 0.717) is 37.7 Å². The molecule has 1 aliphatic heterocycles. The van der Waals surface area contributed by atoms with Crippen LogP contribution in [0.2, 0.25) is 0 Å².